The lowest BCUT2D eigenvalue weighted by Gasteiger charge is -2.12. The standard InChI is InChI=1S/C16H21BrN4O2S/c1-21(2)9-3-8-19-16-11-14(10-15(17)20-16)24(22,23)13-6-4-12(18)5-7-13/h4-7,10-11H,3,8-9,18H2,1-2H3,(H,19,20). The summed E-state index contributed by atoms with van der Waals surface area (Å²) in [5.41, 5.74) is 6.14. The van der Waals surface area contributed by atoms with Gasteiger partial charge in [0.1, 0.15) is 10.4 Å². The van der Waals surface area contributed by atoms with Crippen molar-refractivity contribution in [2.24, 2.45) is 0 Å². The van der Waals surface area contributed by atoms with E-state index in [1.54, 1.807) is 18.2 Å². The minimum Gasteiger partial charge on any atom is -0.399 e. The highest BCUT2D eigenvalue weighted by molar-refractivity contribution is 9.10. The third-order valence-corrected chi connectivity index (χ3v) is 5.51. The normalized spacial score (nSPS) is 11.7. The number of halogens is 1. The molecule has 2 aromatic rings. The summed E-state index contributed by atoms with van der Waals surface area (Å²) in [6.07, 6.45) is 0.932. The third kappa shape index (κ3) is 4.93. The number of nitrogen functional groups attached to an aromatic ring is 1. The fourth-order valence-electron chi connectivity index (χ4n) is 2.11. The maximum absolute atomic E-state index is 12.7. The van der Waals surface area contributed by atoms with Crippen LogP contribution in [0.15, 0.2) is 50.8 Å². The predicted molar refractivity (Wildman–Crippen MR) is 99.9 cm³/mol. The molecule has 0 atom stereocenters. The van der Waals surface area contributed by atoms with Crippen LogP contribution < -0.4 is 11.1 Å². The smallest absolute Gasteiger partial charge is 0.206 e. The van der Waals surface area contributed by atoms with Gasteiger partial charge >= 0.3 is 0 Å². The Kier molecular flexibility index (Phi) is 6.20. The number of anilines is 2. The number of aromatic nitrogens is 1. The van der Waals surface area contributed by atoms with Crippen LogP contribution in [0.2, 0.25) is 0 Å². The minimum atomic E-state index is -3.62. The highest BCUT2D eigenvalue weighted by atomic mass is 79.9. The summed E-state index contributed by atoms with van der Waals surface area (Å²) in [4.78, 5) is 6.76. The number of rotatable bonds is 7. The Morgan fingerprint density at radius 3 is 2.46 bits per heavy atom. The van der Waals surface area contributed by atoms with Crippen molar-refractivity contribution in [1.82, 2.24) is 9.88 Å². The largest absolute Gasteiger partial charge is 0.399 e. The van der Waals surface area contributed by atoms with Crippen molar-refractivity contribution >= 4 is 37.3 Å². The van der Waals surface area contributed by atoms with Crippen LogP contribution in [0.4, 0.5) is 11.5 Å². The molecule has 2 rings (SSSR count). The maximum Gasteiger partial charge on any atom is 0.206 e. The molecular weight excluding hydrogens is 392 g/mol. The molecule has 0 aliphatic rings. The fraction of sp³-hybridized carbons (Fsp3) is 0.312. The zero-order chi connectivity index (χ0) is 17.7. The number of hydrogen-bond acceptors (Lipinski definition) is 6. The lowest BCUT2D eigenvalue weighted by molar-refractivity contribution is 0.405. The van der Waals surface area contributed by atoms with Gasteiger partial charge in [0.25, 0.3) is 0 Å². The van der Waals surface area contributed by atoms with Crippen molar-refractivity contribution in [3.8, 4) is 0 Å². The van der Waals surface area contributed by atoms with Crippen molar-refractivity contribution in [3.63, 3.8) is 0 Å². The Morgan fingerprint density at radius 2 is 1.83 bits per heavy atom. The summed E-state index contributed by atoms with van der Waals surface area (Å²) in [5, 5.41) is 3.16. The van der Waals surface area contributed by atoms with Gasteiger partial charge in [-0.3, -0.25) is 0 Å². The molecule has 1 aromatic heterocycles. The van der Waals surface area contributed by atoms with E-state index in [1.807, 2.05) is 14.1 Å². The van der Waals surface area contributed by atoms with E-state index in [-0.39, 0.29) is 9.79 Å². The molecular formula is C16H21BrN4O2S. The Balaban J connectivity index is 2.22. The first-order valence-electron chi connectivity index (χ1n) is 7.46. The molecule has 0 amide bonds. The second-order valence-electron chi connectivity index (χ2n) is 5.67. The number of hydrogen-bond donors (Lipinski definition) is 2. The lowest BCUT2D eigenvalue weighted by Crippen LogP contribution is -2.16. The van der Waals surface area contributed by atoms with Gasteiger partial charge in [-0.15, -0.1) is 0 Å². The number of pyridine rings is 1. The van der Waals surface area contributed by atoms with Crippen LogP contribution in [-0.2, 0) is 9.84 Å². The maximum atomic E-state index is 12.7. The van der Waals surface area contributed by atoms with Crippen molar-refractivity contribution in [3.05, 3.63) is 41.0 Å². The van der Waals surface area contributed by atoms with Crippen molar-refractivity contribution in [2.45, 2.75) is 16.2 Å². The van der Waals surface area contributed by atoms with Crippen LogP contribution in [0.3, 0.4) is 0 Å². The van der Waals surface area contributed by atoms with E-state index in [2.05, 4.69) is 31.1 Å². The first kappa shape index (κ1) is 18.7. The Bertz CT molecular complexity index is 792. The molecule has 0 bridgehead atoms. The van der Waals surface area contributed by atoms with E-state index < -0.39 is 9.84 Å². The van der Waals surface area contributed by atoms with Gasteiger partial charge in [0.05, 0.1) is 9.79 Å². The summed E-state index contributed by atoms with van der Waals surface area (Å²) in [6.45, 7) is 1.65. The highest BCUT2D eigenvalue weighted by Crippen LogP contribution is 2.25. The molecule has 3 N–H and O–H groups in total. The first-order chi connectivity index (χ1) is 11.3. The SMILES string of the molecule is CN(C)CCCNc1cc(S(=O)(=O)c2ccc(N)cc2)cc(Br)n1. The first-order valence-corrected chi connectivity index (χ1v) is 9.73. The van der Waals surface area contributed by atoms with Gasteiger partial charge in [-0.2, -0.15) is 0 Å². The molecule has 1 aromatic carbocycles. The number of nitrogens with one attached hydrogen (secondary N) is 1. The van der Waals surface area contributed by atoms with Crippen molar-refractivity contribution in [2.75, 3.05) is 38.2 Å². The molecule has 0 aliphatic heterocycles. The zero-order valence-electron chi connectivity index (χ0n) is 13.7. The second kappa shape index (κ2) is 7.96. The van der Waals surface area contributed by atoms with Crippen LogP contribution in [0.25, 0.3) is 0 Å². The molecule has 1 heterocycles. The van der Waals surface area contributed by atoms with E-state index >= 15 is 0 Å². The molecule has 0 aliphatic carbocycles. The Morgan fingerprint density at radius 1 is 1.17 bits per heavy atom. The average molecular weight is 413 g/mol. The highest BCUT2D eigenvalue weighted by Gasteiger charge is 2.19. The van der Waals surface area contributed by atoms with Gasteiger partial charge in [0, 0.05) is 12.2 Å². The zero-order valence-corrected chi connectivity index (χ0v) is 16.1. The molecule has 24 heavy (non-hydrogen) atoms. The molecule has 0 saturated heterocycles. The van der Waals surface area contributed by atoms with Gasteiger partial charge in [-0.05, 0) is 79.4 Å². The van der Waals surface area contributed by atoms with Gasteiger partial charge in [-0.25, -0.2) is 13.4 Å². The molecule has 0 unspecified atom stereocenters. The number of nitrogens with two attached hydrogens (primary N) is 1. The van der Waals surface area contributed by atoms with E-state index in [0.29, 0.717) is 22.7 Å². The van der Waals surface area contributed by atoms with E-state index in [1.165, 1.54) is 18.2 Å². The Labute approximate surface area is 151 Å². The predicted octanol–water partition coefficient (Wildman–Crippen LogP) is 2.62. The molecule has 0 saturated carbocycles. The molecule has 0 radical (unpaired) electrons. The number of sulfone groups is 1. The van der Waals surface area contributed by atoms with Gasteiger partial charge in [0.2, 0.25) is 9.84 Å². The summed E-state index contributed by atoms with van der Waals surface area (Å²) >= 11 is 3.28. The number of nitrogens with zero attached hydrogens (tertiary/aromatic N) is 2. The molecule has 0 fully saturated rings. The summed E-state index contributed by atoms with van der Waals surface area (Å²) < 4.78 is 26.0. The van der Waals surface area contributed by atoms with Crippen LogP contribution in [-0.4, -0.2) is 45.5 Å². The topological polar surface area (TPSA) is 88.3 Å². The fourth-order valence-corrected chi connectivity index (χ4v) is 4.00. The molecule has 8 heteroatoms. The molecule has 0 spiro atoms. The van der Waals surface area contributed by atoms with Gasteiger partial charge in [0.15, 0.2) is 0 Å². The van der Waals surface area contributed by atoms with Crippen LogP contribution in [0.5, 0.6) is 0 Å². The number of benzene rings is 1. The van der Waals surface area contributed by atoms with E-state index in [4.69, 9.17) is 5.73 Å². The average Bonchev–Trinajstić information content (AvgIpc) is 2.51. The van der Waals surface area contributed by atoms with Crippen LogP contribution >= 0.6 is 15.9 Å². The van der Waals surface area contributed by atoms with Crippen molar-refractivity contribution in [1.29, 1.82) is 0 Å². The third-order valence-electron chi connectivity index (χ3n) is 3.36. The molecule has 6 nitrogen and oxygen atoms in total. The second-order valence-corrected chi connectivity index (χ2v) is 8.43. The van der Waals surface area contributed by atoms with Gasteiger partial charge in [-0.1, -0.05) is 0 Å². The lowest BCUT2D eigenvalue weighted by atomic mass is 10.3. The summed E-state index contributed by atoms with van der Waals surface area (Å²) in [6, 6.07) is 9.20. The monoisotopic (exact) mass is 412 g/mol. The van der Waals surface area contributed by atoms with Crippen molar-refractivity contribution < 1.29 is 8.42 Å². The molecule has 130 valence electrons. The minimum absolute atomic E-state index is 0.184. The quantitative estimate of drug-likeness (QED) is 0.412. The summed E-state index contributed by atoms with van der Waals surface area (Å²) in [7, 11) is 0.399. The van der Waals surface area contributed by atoms with Crippen LogP contribution in [0.1, 0.15) is 6.42 Å². The van der Waals surface area contributed by atoms with E-state index in [0.717, 1.165) is 13.0 Å². The Hall–Kier alpha value is -1.64. The summed E-state index contributed by atoms with van der Waals surface area (Å²) in [5.74, 6) is 0.525. The van der Waals surface area contributed by atoms with Gasteiger partial charge < -0.3 is 16.0 Å². The van der Waals surface area contributed by atoms with Crippen LogP contribution in [0, 0.1) is 0 Å². The van der Waals surface area contributed by atoms with E-state index in [9.17, 15) is 8.42 Å².